The SMILES string of the molecule is CCCCOC1CCC(C)CC1C. The van der Waals surface area contributed by atoms with Crippen LogP contribution in [0.25, 0.3) is 0 Å². The molecule has 1 aliphatic rings. The van der Waals surface area contributed by atoms with Gasteiger partial charge in [-0.1, -0.05) is 27.2 Å². The largest absolute Gasteiger partial charge is 0.378 e. The van der Waals surface area contributed by atoms with Crippen LogP contribution in [-0.4, -0.2) is 12.7 Å². The molecule has 0 saturated heterocycles. The van der Waals surface area contributed by atoms with Gasteiger partial charge < -0.3 is 4.74 Å². The van der Waals surface area contributed by atoms with Crippen LogP contribution in [0.5, 0.6) is 0 Å². The fourth-order valence-electron chi connectivity index (χ4n) is 2.26. The van der Waals surface area contributed by atoms with Gasteiger partial charge in [-0.25, -0.2) is 0 Å². The van der Waals surface area contributed by atoms with Crippen LogP contribution in [0.2, 0.25) is 0 Å². The molecule has 1 nitrogen and oxygen atoms in total. The maximum Gasteiger partial charge on any atom is 0.0600 e. The van der Waals surface area contributed by atoms with Crippen LogP contribution in [0, 0.1) is 11.8 Å². The van der Waals surface area contributed by atoms with Crippen molar-refractivity contribution in [2.75, 3.05) is 6.61 Å². The first-order valence-electron chi connectivity index (χ1n) is 5.85. The van der Waals surface area contributed by atoms with E-state index < -0.39 is 0 Å². The van der Waals surface area contributed by atoms with Crippen molar-refractivity contribution in [2.24, 2.45) is 11.8 Å². The summed E-state index contributed by atoms with van der Waals surface area (Å²) < 4.78 is 5.88. The van der Waals surface area contributed by atoms with E-state index in [0.29, 0.717) is 6.10 Å². The van der Waals surface area contributed by atoms with E-state index in [1.165, 1.54) is 32.1 Å². The Hall–Kier alpha value is -0.0400. The molecule has 0 heterocycles. The molecular weight excluding hydrogens is 160 g/mol. The Labute approximate surface area is 82.9 Å². The van der Waals surface area contributed by atoms with Gasteiger partial charge in [-0.2, -0.15) is 0 Å². The van der Waals surface area contributed by atoms with E-state index in [0.717, 1.165) is 18.4 Å². The minimum absolute atomic E-state index is 0.558. The van der Waals surface area contributed by atoms with Crippen LogP contribution in [0.1, 0.15) is 52.9 Å². The Kier molecular flexibility index (Phi) is 4.79. The van der Waals surface area contributed by atoms with Gasteiger partial charge in [-0.05, 0) is 37.5 Å². The lowest BCUT2D eigenvalue weighted by molar-refractivity contribution is -0.0160. The van der Waals surface area contributed by atoms with Crippen LogP contribution < -0.4 is 0 Å². The van der Waals surface area contributed by atoms with Gasteiger partial charge in [0.25, 0.3) is 0 Å². The molecule has 0 amide bonds. The number of ether oxygens (including phenoxy) is 1. The highest BCUT2D eigenvalue weighted by Crippen LogP contribution is 2.30. The Morgan fingerprint density at radius 1 is 1.23 bits per heavy atom. The maximum atomic E-state index is 5.88. The molecule has 13 heavy (non-hydrogen) atoms. The van der Waals surface area contributed by atoms with Crippen molar-refractivity contribution in [3.63, 3.8) is 0 Å². The van der Waals surface area contributed by atoms with Crippen LogP contribution in [-0.2, 0) is 4.74 Å². The minimum atomic E-state index is 0.558. The zero-order valence-corrected chi connectivity index (χ0v) is 9.38. The zero-order chi connectivity index (χ0) is 9.68. The summed E-state index contributed by atoms with van der Waals surface area (Å²) in [6.45, 7) is 7.89. The molecule has 0 aromatic carbocycles. The number of hydrogen-bond acceptors (Lipinski definition) is 1. The van der Waals surface area contributed by atoms with E-state index >= 15 is 0 Å². The van der Waals surface area contributed by atoms with Gasteiger partial charge in [0, 0.05) is 6.61 Å². The van der Waals surface area contributed by atoms with Crippen LogP contribution >= 0.6 is 0 Å². The summed E-state index contributed by atoms with van der Waals surface area (Å²) in [5.74, 6) is 1.70. The van der Waals surface area contributed by atoms with E-state index in [2.05, 4.69) is 20.8 Å². The van der Waals surface area contributed by atoms with Gasteiger partial charge in [0.05, 0.1) is 6.10 Å². The second kappa shape index (κ2) is 5.64. The van der Waals surface area contributed by atoms with Crippen molar-refractivity contribution in [3.8, 4) is 0 Å². The van der Waals surface area contributed by atoms with Crippen molar-refractivity contribution in [3.05, 3.63) is 0 Å². The highest BCUT2D eigenvalue weighted by Gasteiger charge is 2.25. The van der Waals surface area contributed by atoms with Gasteiger partial charge in [0.15, 0.2) is 0 Å². The highest BCUT2D eigenvalue weighted by molar-refractivity contribution is 4.76. The molecule has 0 aliphatic heterocycles. The smallest absolute Gasteiger partial charge is 0.0600 e. The average molecular weight is 184 g/mol. The van der Waals surface area contributed by atoms with Crippen molar-refractivity contribution in [1.29, 1.82) is 0 Å². The maximum absolute atomic E-state index is 5.88. The van der Waals surface area contributed by atoms with E-state index in [1.807, 2.05) is 0 Å². The molecule has 1 aliphatic carbocycles. The predicted octanol–water partition coefficient (Wildman–Crippen LogP) is 3.63. The molecule has 0 bridgehead atoms. The number of unbranched alkanes of at least 4 members (excludes halogenated alkanes) is 1. The van der Waals surface area contributed by atoms with Gasteiger partial charge in [-0.3, -0.25) is 0 Å². The van der Waals surface area contributed by atoms with Gasteiger partial charge >= 0.3 is 0 Å². The molecule has 1 rings (SSSR count). The summed E-state index contributed by atoms with van der Waals surface area (Å²) in [6, 6.07) is 0. The lowest BCUT2D eigenvalue weighted by Gasteiger charge is -2.32. The lowest BCUT2D eigenvalue weighted by Crippen LogP contribution is -2.29. The second-order valence-corrected chi connectivity index (χ2v) is 4.66. The fourth-order valence-corrected chi connectivity index (χ4v) is 2.26. The summed E-state index contributed by atoms with van der Waals surface area (Å²) >= 11 is 0. The van der Waals surface area contributed by atoms with Gasteiger partial charge in [-0.15, -0.1) is 0 Å². The van der Waals surface area contributed by atoms with Gasteiger partial charge in [0.1, 0.15) is 0 Å². The first-order chi connectivity index (χ1) is 6.24. The third kappa shape index (κ3) is 3.68. The normalized spacial score (nSPS) is 34.8. The molecule has 0 N–H and O–H groups in total. The molecular formula is C12H24O. The summed E-state index contributed by atoms with van der Waals surface area (Å²) in [4.78, 5) is 0. The molecule has 3 atom stereocenters. The van der Waals surface area contributed by atoms with Crippen molar-refractivity contribution in [2.45, 2.75) is 59.0 Å². The van der Waals surface area contributed by atoms with E-state index in [9.17, 15) is 0 Å². The molecule has 1 saturated carbocycles. The molecule has 0 aromatic heterocycles. The number of hydrogen-bond donors (Lipinski definition) is 0. The summed E-state index contributed by atoms with van der Waals surface area (Å²) in [5.41, 5.74) is 0. The van der Waals surface area contributed by atoms with Crippen LogP contribution in [0.15, 0.2) is 0 Å². The highest BCUT2D eigenvalue weighted by atomic mass is 16.5. The summed E-state index contributed by atoms with van der Waals surface area (Å²) in [7, 11) is 0. The van der Waals surface area contributed by atoms with Crippen molar-refractivity contribution >= 4 is 0 Å². The van der Waals surface area contributed by atoms with Crippen molar-refractivity contribution in [1.82, 2.24) is 0 Å². The topological polar surface area (TPSA) is 9.23 Å². The second-order valence-electron chi connectivity index (χ2n) is 4.66. The Bertz CT molecular complexity index is 133. The number of rotatable bonds is 4. The molecule has 1 heteroatoms. The first-order valence-corrected chi connectivity index (χ1v) is 5.85. The van der Waals surface area contributed by atoms with Crippen LogP contribution in [0.3, 0.4) is 0 Å². The lowest BCUT2D eigenvalue weighted by atomic mass is 9.81. The minimum Gasteiger partial charge on any atom is -0.378 e. The molecule has 0 radical (unpaired) electrons. The Morgan fingerprint density at radius 3 is 2.62 bits per heavy atom. The zero-order valence-electron chi connectivity index (χ0n) is 9.38. The molecule has 0 spiro atoms. The quantitative estimate of drug-likeness (QED) is 0.606. The van der Waals surface area contributed by atoms with E-state index in [4.69, 9.17) is 4.74 Å². The standard InChI is InChI=1S/C12H24O/c1-4-5-8-13-12-7-6-10(2)9-11(12)3/h10-12H,4-9H2,1-3H3. The molecule has 3 unspecified atom stereocenters. The molecule has 0 aromatic rings. The van der Waals surface area contributed by atoms with E-state index in [1.54, 1.807) is 0 Å². The predicted molar refractivity (Wildman–Crippen MR) is 56.8 cm³/mol. The Morgan fingerprint density at radius 2 is 2.00 bits per heavy atom. The van der Waals surface area contributed by atoms with E-state index in [-0.39, 0.29) is 0 Å². The average Bonchev–Trinajstić information content (AvgIpc) is 2.09. The summed E-state index contributed by atoms with van der Waals surface area (Å²) in [6.07, 6.45) is 7.03. The van der Waals surface area contributed by atoms with Gasteiger partial charge in [0.2, 0.25) is 0 Å². The van der Waals surface area contributed by atoms with Crippen LogP contribution in [0.4, 0.5) is 0 Å². The molecule has 1 fully saturated rings. The molecule has 78 valence electrons. The third-order valence-electron chi connectivity index (χ3n) is 3.18. The fraction of sp³-hybridized carbons (Fsp3) is 1.00. The Balaban J connectivity index is 2.18. The monoisotopic (exact) mass is 184 g/mol. The summed E-state index contributed by atoms with van der Waals surface area (Å²) in [5, 5.41) is 0. The third-order valence-corrected chi connectivity index (χ3v) is 3.18. The first kappa shape index (κ1) is 11.0. The van der Waals surface area contributed by atoms with Crippen molar-refractivity contribution < 1.29 is 4.74 Å².